The van der Waals surface area contributed by atoms with Gasteiger partial charge in [-0.05, 0) is 24.3 Å². The van der Waals surface area contributed by atoms with Crippen LogP contribution < -0.4 is 4.90 Å². The van der Waals surface area contributed by atoms with Crippen LogP contribution in [0.15, 0.2) is 47.5 Å². The molecule has 0 saturated carbocycles. The Bertz CT molecular complexity index is 835. The van der Waals surface area contributed by atoms with E-state index in [1.54, 1.807) is 12.1 Å². The highest BCUT2D eigenvalue weighted by molar-refractivity contribution is 7.89. The van der Waals surface area contributed by atoms with Gasteiger partial charge in [-0.2, -0.15) is 22.6 Å². The molecule has 1 aromatic heterocycles. The summed E-state index contributed by atoms with van der Waals surface area (Å²) in [6, 6.07) is 7.70. The van der Waals surface area contributed by atoms with Gasteiger partial charge < -0.3 is 4.90 Å². The number of halogens is 3. The van der Waals surface area contributed by atoms with Crippen molar-refractivity contribution in [2.24, 2.45) is 0 Å². The molecule has 1 aromatic carbocycles. The van der Waals surface area contributed by atoms with E-state index < -0.39 is 26.7 Å². The third-order valence-corrected chi connectivity index (χ3v) is 5.89. The quantitative estimate of drug-likeness (QED) is 0.825. The highest BCUT2D eigenvalue weighted by Crippen LogP contribution is 2.35. The van der Waals surface area contributed by atoms with E-state index in [9.17, 15) is 21.6 Å². The lowest BCUT2D eigenvalue weighted by molar-refractivity contribution is -0.139. The van der Waals surface area contributed by atoms with Crippen molar-refractivity contribution in [1.29, 1.82) is 0 Å². The Kier molecular flexibility index (Phi) is 4.65. The zero-order valence-corrected chi connectivity index (χ0v) is 13.8. The van der Waals surface area contributed by atoms with Crippen LogP contribution in [0.25, 0.3) is 0 Å². The first kappa shape index (κ1) is 17.6. The number of benzene rings is 1. The average Bonchev–Trinajstić information content (AvgIpc) is 2.62. The first-order chi connectivity index (χ1) is 11.8. The van der Waals surface area contributed by atoms with E-state index in [1.165, 1.54) is 18.3 Å². The fraction of sp³-hybridized carbons (Fsp3) is 0.333. The van der Waals surface area contributed by atoms with Gasteiger partial charge in [0, 0.05) is 32.4 Å². The maximum Gasteiger partial charge on any atom is 0.417 e. The number of rotatable bonds is 3. The van der Waals surface area contributed by atoms with Crippen LogP contribution in [0.2, 0.25) is 0 Å². The average molecular weight is 372 g/mol. The number of piperazine rings is 1. The molecule has 0 aliphatic carbocycles. The molecule has 2 heterocycles. The molecule has 2 aromatic rings. The van der Waals surface area contributed by atoms with Crippen LogP contribution in [-0.2, 0) is 16.2 Å². The maximum absolute atomic E-state index is 13.1. The molecule has 0 amide bonds. The lowest BCUT2D eigenvalue weighted by Crippen LogP contribution is -2.49. The highest BCUT2D eigenvalue weighted by Gasteiger charge is 2.39. The van der Waals surface area contributed by atoms with Gasteiger partial charge in [0.1, 0.15) is 0 Å². The van der Waals surface area contributed by atoms with Crippen molar-refractivity contribution in [3.05, 3.63) is 48.2 Å². The first-order valence-electron chi connectivity index (χ1n) is 7.49. The van der Waals surface area contributed by atoms with Crippen molar-refractivity contribution < 1.29 is 21.6 Å². The van der Waals surface area contributed by atoms with Gasteiger partial charge in [-0.1, -0.05) is 12.1 Å². The Morgan fingerprint density at radius 1 is 0.960 bits per heavy atom. The molecule has 10 heteroatoms. The number of anilines is 1. The summed E-state index contributed by atoms with van der Waals surface area (Å²) in [7, 11) is -4.23. The molecule has 0 N–H and O–H groups in total. The highest BCUT2D eigenvalue weighted by atomic mass is 32.2. The summed E-state index contributed by atoms with van der Waals surface area (Å²) in [5.41, 5.74) is -1.15. The minimum Gasteiger partial charge on any atom is -0.352 e. The third kappa shape index (κ3) is 3.59. The lowest BCUT2D eigenvalue weighted by Gasteiger charge is -2.34. The predicted molar refractivity (Wildman–Crippen MR) is 84.4 cm³/mol. The van der Waals surface area contributed by atoms with Gasteiger partial charge in [0.25, 0.3) is 0 Å². The van der Waals surface area contributed by atoms with Crippen LogP contribution in [0.3, 0.4) is 0 Å². The van der Waals surface area contributed by atoms with Crippen LogP contribution >= 0.6 is 0 Å². The summed E-state index contributed by atoms with van der Waals surface area (Å²) in [5.74, 6) is 0.607. The van der Waals surface area contributed by atoms with Gasteiger partial charge >= 0.3 is 6.18 Å². The molecule has 1 saturated heterocycles. The molecule has 25 heavy (non-hydrogen) atoms. The molecule has 1 aliphatic heterocycles. The minimum absolute atomic E-state index is 0.0745. The number of hydrogen-bond acceptors (Lipinski definition) is 5. The van der Waals surface area contributed by atoms with Crippen molar-refractivity contribution in [3.8, 4) is 0 Å². The van der Waals surface area contributed by atoms with Crippen LogP contribution in [0, 0.1) is 0 Å². The summed E-state index contributed by atoms with van der Waals surface area (Å²) < 4.78 is 65.8. The molecule has 0 atom stereocenters. The lowest BCUT2D eigenvalue weighted by atomic mass is 10.2. The largest absolute Gasteiger partial charge is 0.417 e. The van der Waals surface area contributed by atoms with E-state index in [0.717, 1.165) is 16.4 Å². The Balaban J connectivity index is 1.82. The van der Waals surface area contributed by atoms with Gasteiger partial charge in [-0.3, -0.25) is 0 Å². The minimum atomic E-state index is -4.73. The van der Waals surface area contributed by atoms with E-state index in [2.05, 4.69) is 10.2 Å². The zero-order chi connectivity index (χ0) is 18.1. The van der Waals surface area contributed by atoms with Crippen molar-refractivity contribution in [1.82, 2.24) is 14.5 Å². The van der Waals surface area contributed by atoms with Crippen LogP contribution in [-0.4, -0.2) is 49.1 Å². The molecular formula is C15H15F3N4O2S. The van der Waals surface area contributed by atoms with Crippen LogP contribution in [0.1, 0.15) is 5.56 Å². The summed E-state index contributed by atoms with van der Waals surface area (Å²) >= 11 is 0. The molecule has 0 spiro atoms. The smallest absolute Gasteiger partial charge is 0.352 e. The van der Waals surface area contributed by atoms with E-state index >= 15 is 0 Å². The molecule has 3 rings (SSSR count). The Morgan fingerprint density at radius 3 is 2.24 bits per heavy atom. The predicted octanol–water partition coefficient (Wildman–Crippen LogP) is 2.01. The Hall–Kier alpha value is -2.20. The summed E-state index contributed by atoms with van der Waals surface area (Å²) in [6.45, 7) is 0.800. The molecule has 1 aliphatic rings. The number of hydrogen-bond donors (Lipinski definition) is 0. The van der Waals surface area contributed by atoms with Gasteiger partial charge in [0.2, 0.25) is 10.0 Å². The molecule has 0 bridgehead atoms. The van der Waals surface area contributed by atoms with Crippen molar-refractivity contribution in [2.75, 3.05) is 31.1 Å². The Morgan fingerprint density at radius 2 is 1.64 bits per heavy atom. The second-order valence-electron chi connectivity index (χ2n) is 5.47. The van der Waals surface area contributed by atoms with Gasteiger partial charge in [0.05, 0.1) is 10.5 Å². The van der Waals surface area contributed by atoms with Gasteiger partial charge in [-0.15, -0.1) is 5.10 Å². The van der Waals surface area contributed by atoms with Crippen molar-refractivity contribution in [2.45, 2.75) is 11.1 Å². The summed E-state index contributed by atoms with van der Waals surface area (Å²) in [4.78, 5) is 1.13. The number of alkyl halides is 3. The normalized spacial score (nSPS) is 16.8. The molecule has 1 fully saturated rings. The van der Waals surface area contributed by atoms with Gasteiger partial charge in [0.15, 0.2) is 5.82 Å². The van der Waals surface area contributed by atoms with Crippen LogP contribution in [0.4, 0.5) is 19.0 Å². The maximum atomic E-state index is 13.1. The second-order valence-corrected chi connectivity index (χ2v) is 7.37. The fourth-order valence-corrected chi connectivity index (χ4v) is 4.32. The summed E-state index contributed by atoms with van der Waals surface area (Å²) in [6.07, 6.45) is -3.20. The van der Waals surface area contributed by atoms with Crippen molar-refractivity contribution in [3.63, 3.8) is 0 Å². The van der Waals surface area contributed by atoms with E-state index in [4.69, 9.17) is 0 Å². The molecular weight excluding hydrogens is 357 g/mol. The van der Waals surface area contributed by atoms with Crippen LogP contribution in [0.5, 0.6) is 0 Å². The monoisotopic (exact) mass is 372 g/mol. The van der Waals surface area contributed by atoms with Crippen molar-refractivity contribution >= 4 is 15.8 Å². The molecule has 6 nitrogen and oxygen atoms in total. The standard InChI is InChI=1S/C15H15F3N4O2S/c16-15(17,18)12-4-1-2-5-13(12)25(23,24)22-10-8-21(9-11-22)14-6-3-7-19-20-14/h1-7H,8-11H2. The fourth-order valence-electron chi connectivity index (χ4n) is 2.68. The third-order valence-electron chi connectivity index (χ3n) is 3.93. The first-order valence-corrected chi connectivity index (χ1v) is 8.93. The number of nitrogens with zero attached hydrogens (tertiary/aromatic N) is 4. The number of sulfonamides is 1. The topological polar surface area (TPSA) is 66.4 Å². The molecule has 0 unspecified atom stereocenters. The van der Waals surface area contributed by atoms with E-state index in [-0.39, 0.29) is 13.1 Å². The van der Waals surface area contributed by atoms with E-state index in [0.29, 0.717) is 18.9 Å². The number of aromatic nitrogens is 2. The summed E-state index contributed by atoms with van der Waals surface area (Å²) in [5, 5.41) is 7.72. The Labute approximate surface area is 142 Å². The molecule has 0 radical (unpaired) electrons. The van der Waals surface area contributed by atoms with Gasteiger partial charge in [-0.25, -0.2) is 8.42 Å². The molecule has 134 valence electrons. The SMILES string of the molecule is O=S(=O)(c1ccccc1C(F)(F)F)N1CCN(c2cccnn2)CC1. The second kappa shape index (κ2) is 6.60. The zero-order valence-electron chi connectivity index (χ0n) is 13.0. The van der Waals surface area contributed by atoms with E-state index in [1.807, 2.05) is 4.90 Å².